The molecule has 2 aromatic carbocycles. The smallest absolute Gasteiger partial charge is 0.382 e. The lowest BCUT2D eigenvalue weighted by atomic mass is 10.0. The lowest BCUT2D eigenvalue weighted by Gasteiger charge is -2.16. The number of anilines is 1. The number of aliphatic hydroxyl groups excluding tert-OH is 1. The minimum absolute atomic E-state index is 0.114. The van der Waals surface area contributed by atoms with Gasteiger partial charge in [-0.25, -0.2) is 18.3 Å². The Balaban J connectivity index is 1.56. The van der Waals surface area contributed by atoms with E-state index in [1.54, 1.807) is 25.1 Å². The number of aliphatic hydroxyl groups is 1. The molecule has 1 saturated carbocycles. The van der Waals surface area contributed by atoms with Gasteiger partial charge in [-0.15, -0.1) is 0 Å². The summed E-state index contributed by atoms with van der Waals surface area (Å²) in [6.07, 6.45) is -3.91. The van der Waals surface area contributed by atoms with Crippen LogP contribution in [0.3, 0.4) is 0 Å². The summed E-state index contributed by atoms with van der Waals surface area (Å²) in [7, 11) is 0. The topological polar surface area (TPSA) is 91.6 Å². The number of carbonyl (C=O) groups is 1. The first-order chi connectivity index (χ1) is 18.5. The van der Waals surface area contributed by atoms with Crippen molar-refractivity contribution in [2.24, 2.45) is 0 Å². The number of hydrogen-bond donors (Lipinski definition) is 3. The Morgan fingerprint density at radius 1 is 1.18 bits per heavy atom. The number of benzene rings is 2. The highest BCUT2D eigenvalue weighted by Crippen LogP contribution is 2.31. The van der Waals surface area contributed by atoms with Crippen molar-refractivity contribution in [3.05, 3.63) is 82.7 Å². The molecule has 0 bridgehead atoms. The second kappa shape index (κ2) is 10.3. The summed E-state index contributed by atoms with van der Waals surface area (Å²) in [6, 6.07) is 9.86. The van der Waals surface area contributed by atoms with Gasteiger partial charge in [0.15, 0.2) is 17.3 Å². The number of alkyl halides is 3. The second-order valence-corrected chi connectivity index (χ2v) is 9.48. The molecule has 7 nitrogen and oxygen atoms in total. The van der Waals surface area contributed by atoms with E-state index >= 15 is 0 Å². The molecule has 1 amide bonds. The lowest BCUT2D eigenvalue weighted by molar-refractivity contribution is -0.131. The fourth-order valence-corrected chi connectivity index (χ4v) is 4.25. The third-order valence-corrected chi connectivity index (χ3v) is 6.45. The standard InChI is InChI=1S/C27H24F5N5O2/c1-14-11-15(5-8-17(14)26(39)35-16-6-7-16)22-13-34-25-21(33-10-9-27(30,31)32)12-20(36-37(22)25)24(38)18-3-2-4-19(28)23(18)29/h2-5,8,11-13,16,24,33,38H,6-7,9-10H2,1H3,(H,35,39). The Morgan fingerprint density at radius 2 is 1.95 bits per heavy atom. The highest BCUT2D eigenvalue weighted by atomic mass is 19.4. The van der Waals surface area contributed by atoms with E-state index in [9.17, 15) is 31.9 Å². The fourth-order valence-electron chi connectivity index (χ4n) is 4.25. The van der Waals surface area contributed by atoms with Crippen LogP contribution < -0.4 is 10.6 Å². The van der Waals surface area contributed by atoms with E-state index in [4.69, 9.17) is 0 Å². The van der Waals surface area contributed by atoms with Crippen molar-refractivity contribution in [1.29, 1.82) is 0 Å². The Kier molecular flexibility index (Phi) is 6.98. The number of nitrogens with zero attached hydrogens (tertiary/aromatic N) is 3. The van der Waals surface area contributed by atoms with Gasteiger partial charge in [0.2, 0.25) is 0 Å². The maximum Gasteiger partial charge on any atom is 0.390 e. The van der Waals surface area contributed by atoms with Gasteiger partial charge in [-0.3, -0.25) is 4.79 Å². The van der Waals surface area contributed by atoms with Crippen molar-refractivity contribution in [2.45, 2.75) is 44.5 Å². The molecule has 2 aromatic heterocycles. The fraction of sp³-hybridized carbons (Fsp3) is 0.296. The Bertz CT molecular complexity index is 1550. The van der Waals surface area contributed by atoms with Gasteiger partial charge in [0.1, 0.15) is 6.10 Å². The van der Waals surface area contributed by atoms with Crippen LogP contribution in [0.1, 0.15) is 52.5 Å². The molecule has 1 unspecified atom stereocenters. The van der Waals surface area contributed by atoms with Gasteiger partial charge in [-0.2, -0.15) is 18.3 Å². The van der Waals surface area contributed by atoms with Crippen molar-refractivity contribution in [1.82, 2.24) is 19.9 Å². The van der Waals surface area contributed by atoms with Crippen LogP contribution in [0.2, 0.25) is 0 Å². The van der Waals surface area contributed by atoms with Crippen LogP contribution in [-0.4, -0.2) is 44.4 Å². The second-order valence-electron chi connectivity index (χ2n) is 9.48. The van der Waals surface area contributed by atoms with E-state index in [0.29, 0.717) is 22.4 Å². The van der Waals surface area contributed by atoms with Gasteiger partial charge in [-0.05, 0) is 49.6 Å². The van der Waals surface area contributed by atoms with Crippen molar-refractivity contribution < 1.29 is 31.9 Å². The quantitative estimate of drug-likeness (QED) is 0.261. The SMILES string of the molecule is Cc1cc(-c2cnc3c(NCCC(F)(F)F)cc(C(O)c4cccc(F)c4F)nn23)ccc1C(=O)NC1CC1. The summed E-state index contributed by atoms with van der Waals surface area (Å²) < 4.78 is 68.0. The van der Waals surface area contributed by atoms with Crippen LogP contribution in [0.15, 0.2) is 48.7 Å². The van der Waals surface area contributed by atoms with Gasteiger partial charge >= 0.3 is 6.18 Å². The van der Waals surface area contributed by atoms with E-state index < -0.39 is 36.9 Å². The number of carbonyl (C=O) groups excluding carboxylic acids is 1. The molecule has 12 heteroatoms. The van der Waals surface area contributed by atoms with Crippen molar-refractivity contribution in [2.75, 3.05) is 11.9 Å². The largest absolute Gasteiger partial charge is 0.390 e. The summed E-state index contributed by atoms with van der Waals surface area (Å²) in [5.41, 5.74) is 1.95. The minimum Gasteiger partial charge on any atom is -0.382 e. The molecular weight excluding hydrogens is 521 g/mol. The summed E-state index contributed by atoms with van der Waals surface area (Å²) in [6.45, 7) is 1.28. The number of nitrogens with one attached hydrogen (secondary N) is 2. The molecule has 0 radical (unpaired) electrons. The van der Waals surface area contributed by atoms with Crippen molar-refractivity contribution in [3.8, 4) is 11.3 Å². The number of fused-ring (bicyclic) bond motifs is 1. The zero-order chi connectivity index (χ0) is 27.9. The molecule has 0 spiro atoms. The van der Waals surface area contributed by atoms with Gasteiger partial charge < -0.3 is 15.7 Å². The first-order valence-corrected chi connectivity index (χ1v) is 12.2. The Hall–Kier alpha value is -4.06. The number of rotatable bonds is 8. The average molecular weight is 546 g/mol. The maximum absolute atomic E-state index is 14.4. The van der Waals surface area contributed by atoms with Crippen molar-refractivity contribution in [3.63, 3.8) is 0 Å². The zero-order valence-electron chi connectivity index (χ0n) is 20.7. The molecular formula is C27H24F5N5O2. The Labute approximate surface area is 219 Å². The van der Waals surface area contributed by atoms with Gasteiger partial charge in [0.25, 0.3) is 5.91 Å². The first kappa shape index (κ1) is 26.5. The molecule has 39 heavy (non-hydrogen) atoms. The van der Waals surface area contributed by atoms with Crippen LogP contribution in [0.25, 0.3) is 16.9 Å². The maximum atomic E-state index is 14.4. The number of aromatic nitrogens is 3. The molecule has 0 saturated heterocycles. The third-order valence-electron chi connectivity index (χ3n) is 6.45. The summed E-state index contributed by atoms with van der Waals surface area (Å²) in [5.74, 6) is -2.61. The number of aryl methyl sites for hydroxylation is 1. The van der Waals surface area contributed by atoms with E-state index in [1.165, 1.54) is 28.9 Å². The van der Waals surface area contributed by atoms with E-state index in [-0.39, 0.29) is 34.5 Å². The predicted molar refractivity (Wildman–Crippen MR) is 133 cm³/mol. The lowest BCUT2D eigenvalue weighted by Crippen LogP contribution is -2.26. The number of imidazole rings is 1. The number of amides is 1. The van der Waals surface area contributed by atoms with E-state index in [0.717, 1.165) is 18.9 Å². The molecule has 204 valence electrons. The number of halogens is 5. The summed E-state index contributed by atoms with van der Waals surface area (Å²) in [4.78, 5) is 16.8. The highest BCUT2D eigenvalue weighted by molar-refractivity contribution is 5.96. The molecule has 1 aliphatic rings. The molecule has 1 atom stereocenters. The minimum atomic E-state index is -4.41. The number of hydrogen-bond acceptors (Lipinski definition) is 5. The van der Waals surface area contributed by atoms with Gasteiger partial charge in [0, 0.05) is 29.3 Å². The third kappa shape index (κ3) is 5.70. The van der Waals surface area contributed by atoms with Crippen LogP contribution in [0.4, 0.5) is 27.6 Å². The van der Waals surface area contributed by atoms with Crippen LogP contribution in [0, 0.1) is 18.6 Å². The van der Waals surface area contributed by atoms with Gasteiger partial charge in [-0.1, -0.05) is 18.2 Å². The van der Waals surface area contributed by atoms with E-state index in [1.807, 2.05) is 0 Å². The first-order valence-electron chi connectivity index (χ1n) is 12.2. The molecule has 1 aliphatic carbocycles. The van der Waals surface area contributed by atoms with Gasteiger partial charge in [0.05, 0.1) is 29.7 Å². The summed E-state index contributed by atoms with van der Waals surface area (Å²) >= 11 is 0. The molecule has 5 rings (SSSR count). The summed E-state index contributed by atoms with van der Waals surface area (Å²) in [5, 5.41) is 20.9. The molecule has 0 aliphatic heterocycles. The Morgan fingerprint density at radius 3 is 2.64 bits per heavy atom. The molecule has 3 N–H and O–H groups in total. The van der Waals surface area contributed by atoms with Crippen molar-refractivity contribution >= 4 is 17.2 Å². The average Bonchev–Trinajstić information content (AvgIpc) is 3.59. The van der Waals surface area contributed by atoms with Crippen LogP contribution >= 0.6 is 0 Å². The molecule has 1 fully saturated rings. The molecule has 2 heterocycles. The zero-order valence-corrected chi connectivity index (χ0v) is 20.7. The highest BCUT2D eigenvalue weighted by Gasteiger charge is 2.28. The van der Waals surface area contributed by atoms with Crippen LogP contribution in [-0.2, 0) is 0 Å². The monoisotopic (exact) mass is 545 g/mol. The van der Waals surface area contributed by atoms with E-state index in [2.05, 4.69) is 20.7 Å². The predicted octanol–water partition coefficient (Wildman–Crippen LogP) is 5.32. The molecule has 4 aromatic rings. The van der Waals surface area contributed by atoms with Crippen LogP contribution in [0.5, 0.6) is 0 Å². The normalized spacial score (nSPS) is 14.4.